The van der Waals surface area contributed by atoms with Gasteiger partial charge in [0.15, 0.2) is 6.19 Å². The molecular weight excluding hydrogens is 240 g/mol. The molecule has 0 saturated carbocycles. The van der Waals surface area contributed by atoms with E-state index < -0.39 is 0 Å². The number of H-pyrrole nitrogens is 1. The third-order valence-corrected chi connectivity index (χ3v) is 2.80. The second-order valence-electron chi connectivity index (χ2n) is 4.29. The van der Waals surface area contributed by atoms with Gasteiger partial charge in [0.1, 0.15) is 17.5 Å². The molecule has 0 aromatic carbocycles. The van der Waals surface area contributed by atoms with Crippen LogP contribution < -0.4 is 10.2 Å². The molecule has 0 fully saturated rings. The van der Waals surface area contributed by atoms with E-state index in [0.717, 1.165) is 18.8 Å². The Hall–Kier alpha value is -2.55. The SMILES string of the molecule is Cc1nc(NC#N)cc(N(C)CCc2cc[nH]c2)n1. The molecule has 0 bridgehead atoms. The van der Waals surface area contributed by atoms with Crippen LogP contribution in [-0.4, -0.2) is 28.5 Å². The van der Waals surface area contributed by atoms with Crippen LogP contribution in [0.4, 0.5) is 11.6 Å². The molecule has 98 valence electrons. The Labute approximate surface area is 112 Å². The van der Waals surface area contributed by atoms with Gasteiger partial charge in [-0.15, -0.1) is 0 Å². The van der Waals surface area contributed by atoms with E-state index >= 15 is 0 Å². The van der Waals surface area contributed by atoms with E-state index in [-0.39, 0.29) is 0 Å². The van der Waals surface area contributed by atoms with E-state index in [1.54, 1.807) is 6.07 Å². The summed E-state index contributed by atoms with van der Waals surface area (Å²) < 4.78 is 0. The summed E-state index contributed by atoms with van der Waals surface area (Å²) in [4.78, 5) is 13.6. The monoisotopic (exact) mass is 256 g/mol. The maximum atomic E-state index is 8.63. The lowest BCUT2D eigenvalue weighted by molar-refractivity contribution is 0.850. The summed E-state index contributed by atoms with van der Waals surface area (Å²) in [7, 11) is 1.98. The first-order valence-electron chi connectivity index (χ1n) is 6.02. The molecule has 0 aliphatic carbocycles. The predicted molar refractivity (Wildman–Crippen MR) is 73.8 cm³/mol. The van der Waals surface area contributed by atoms with Crippen molar-refractivity contribution in [2.75, 3.05) is 23.8 Å². The highest BCUT2D eigenvalue weighted by Gasteiger charge is 2.07. The quantitative estimate of drug-likeness (QED) is 0.628. The summed E-state index contributed by atoms with van der Waals surface area (Å²) in [5.41, 5.74) is 1.26. The van der Waals surface area contributed by atoms with E-state index in [9.17, 15) is 0 Å². The number of rotatable bonds is 5. The molecule has 0 saturated heterocycles. The van der Waals surface area contributed by atoms with Crippen LogP contribution in [0.15, 0.2) is 24.5 Å². The number of aryl methyl sites for hydroxylation is 1. The summed E-state index contributed by atoms with van der Waals surface area (Å²) in [6.07, 6.45) is 6.71. The van der Waals surface area contributed by atoms with Crippen LogP contribution in [0.2, 0.25) is 0 Å². The maximum Gasteiger partial charge on any atom is 0.182 e. The highest BCUT2D eigenvalue weighted by Crippen LogP contribution is 2.14. The Morgan fingerprint density at radius 3 is 3.00 bits per heavy atom. The number of hydrogen-bond acceptors (Lipinski definition) is 5. The van der Waals surface area contributed by atoms with Gasteiger partial charge < -0.3 is 9.88 Å². The van der Waals surface area contributed by atoms with Crippen LogP contribution in [0.25, 0.3) is 0 Å². The average molecular weight is 256 g/mol. The number of nitrogens with zero attached hydrogens (tertiary/aromatic N) is 4. The van der Waals surface area contributed by atoms with Crippen molar-refractivity contribution in [1.82, 2.24) is 15.0 Å². The van der Waals surface area contributed by atoms with Gasteiger partial charge in [0.2, 0.25) is 0 Å². The Kier molecular flexibility index (Phi) is 3.98. The Morgan fingerprint density at radius 2 is 2.32 bits per heavy atom. The minimum Gasteiger partial charge on any atom is -0.367 e. The van der Waals surface area contributed by atoms with Crippen molar-refractivity contribution in [1.29, 1.82) is 5.26 Å². The van der Waals surface area contributed by atoms with Crippen LogP contribution in [0.1, 0.15) is 11.4 Å². The molecule has 0 aliphatic heterocycles. The van der Waals surface area contributed by atoms with Gasteiger partial charge in [-0.2, -0.15) is 5.26 Å². The number of hydrogen-bond donors (Lipinski definition) is 2. The minimum absolute atomic E-state index is 0.526. The van der Waals surface area contributed by atoms with Crippen molar-refractivity contribution in [3.63, 3.8) is 0 Å². The van der Waals surface area contributed by atoms with E-state index in [1.165, 1.54) is 5.56 Å². The highest BCUT2D eigenvalue weighted by atomic mass is 15.2. The van der Waals surface area contributed by atoms with Crippen molar-refractivity contribution in [2.24, 2.45) is 0 Å². The van der Waals surface area contributed by atoms with Crippen LogP contribution in [-0.2, 0) is 6.42 Å². The van der Waals surface area contributed by atoms with Gasteiger partial charge in [-0.25, -0.2) is 9.97 Å². The average Bonchev–Trinajstić information content (AvgIpc) is 2.88. The molecule has 6 nitrogen and oxygen atoms in total. The fourth-order valence-electron chi connectivity index (χ4n) is 1.79. The fourth-order valence-corrected chi connectivity index (χ4v) is 1.79. The van der Waals surface area contributed by atoms with Crippen LogP contribution in [0.3, 0.4) is 0 Å². The molecule has 0 atom stereocenters. The molecule has 2 rings (SSSR count). The summed E-state index contributed by atoms with van der Waals surface area (Å²) in [5, 5.41) is 11.2. The number of likely N-dealkylation sites (N-methyl/N-ethyl adjacent to an activating group) is 1. The second-order valence-corrected chi connectivity index (χ2v) is 4.29. The zero-order chi connectivity index (χ0) is 13.7. The van der Waals surface area contributed by atoms with Crippen LogP contribution in [0.5, 0.6) is 0 Å². The molecule has 2 aromatic heterocycles. The first kappa shape index (κ1) is 12.9. The van der Waals surface area contributed by atoms with Gasteiger partial charge in [0, 0.05) is 32.1 Å². The number of aromatic amines is 1. The number of nitrogens with one attached hydrogen (secondary N) is 2. The Balaban J connectivity index is 2.05. The number of anilines is 2. The molecule has 2 aromatic rings. The molecule has 19 heavy (non-hydrogen) atoms. The molecule has 6 heteroatoms. The van der Waals surface area contributed by atoms with Gasteiger partial charge in [-0.1, -0.05) is 0 Å². The third kappa shape index (κ3) is 3.45. The molecular formula is C13H16N6. The van der Waals surface area contributed by atoms with Gasteiger partial charge in [0.05, 0.1) is 0 Å². The summed E-state index contributed by atoms with van der Waals surface area (Å²) in [6, 6.07) is 3.83. The van der Waals surface area contributed by atoms with Crippen molar-refractivity contribution < 1.29 is 0 Å². The number of nitriles is 1. The topological polar surface area (TPSA) is 80.6 Å². The molecule has 0 amide bonds. The summed E-state index contributed by atoms with van der Waals surface area (Å²) >= 11 is 0. The number of aromatic nitrogens is 3. The molecule has 0 aliphatic rings. The highest BCUT2D eigenvalue weighted by molar-refractivity contribution is 5.50. The normalized spacial score (nSPS) is 9.95. The summed E-state index contributed by atoms with van der Waals surface area (Å²) in [5.74, 6) is 1.98. The van der Waals surface area contributed by atoms with Crippen molar-refractivity contribution in [3.05, 3.63) is 35.9 Å². The van der Waals surface area contributed by atoms with Crippen LogP contribution >= 0.6 is 0 Å². The fraction of sp³-hybridized carbons (Fsp3) is 0.308. The van der Waals surface area contributed by atoms with Crippen molar-refractivity contribution in [3.8, 4) is 6.19 Å². The van der Waals surface area contributed by atoms with Gasteiger partial charge in [0.25, 0.3) is 0 Å². The first-order chi connectivity index (χ1) is 9.19. The minimum atomic E-state index is 0.526. The zero-order valence-corrected chi connectivity index (χ0v) is 11.0. The van der Waals surface area contributed by atoms with Crippen molar-refractivity contribution in [2.45, 2.75) is 13.3 Å². The van der Waals surface area contributed by atoms with E-state index in [4.69, 9.17) is 5.26 Å². The van der Waals surface area contributed by atoms with Gasteiger partial charge in [-0.3, -0.25) is 5.32 Å². The maximum absolute atomic E-state index is 8.63. The molecule has 0 spiro atoms. The van der Waals surface area contributed by atoms with E-state index in [1.807, 2.05) is 37.5 Å². The molecule has 0 unspecified atom stereocenters. The zero-order valence-electron chi connectivity index (χ0n) is 11.0. The first-order valence-corrected chi connectivity index (χ1v) is 6.02. The van der Waals surface area contributed by atoms with Gasteiger partial charge >= 0.3 is 0 Å². The lowest BCUT2D eigenvalue weighted by Crippen LogP contribution is -2.22. The Morgan fingerprint density at radius 1 is 1.47 bits per heavy atom. The lowest BCUT2D eigenvalue weighted by atomic mass is 10.2. The molecule has 2 N–H and O–H groups in total. The standard InChI is InChI=1S/C13H16N6/c1-10-17-12(16-9-14)7-13(18-10)19(2)6-4-11-3-5-15-8-11/h3,5,7-8,15H,4,6H2,1-2H3,(H,16,17,18). The van der Waals surface area contributed by atoms with E-state index in [0.29, 0.717) is 11.6 Å². The van der Waals surface area contributed by atoms with E-state index in [2.05, 4.69) is 26.3 Å². The Bertz CT molecular complexity index is 569. The predicted octanol–water partition coefficient (Wildman–Crippen LogP) is 1.68. The lowest BCUT2D eigenvalue weighted by Gasteiger charge is -2.18. The molecule has 0 radical (unpaired) electrons. The largest absolute Gasteiger partial charge is 0.367 e. The van der Waals surface area contributed by atoms with Gasteiger partial charge in [-0.05, 0) is 25.0 Å². The second kappa shape index (κ2) is 5.87. The summed E-state index contributed by atoms with van der Waals surface area (Å²) in [6.45, 7) is 2.66. The van der Waals surface area contributed by atoms with Crippen LogP contribution in [0, 0.1) is 18.4 Å². The molecule has 2 heterocycles. The third-order valence-electron chi connectivity index (χ3n) is 2.80. The van der Waals surface area contributed by atoms with Crippen molar-refractivity contribution >= 4 is 11.6 Å². The smallest absolute Gasteiger partial charge is 0.182 e.